The van der Waals surface area contributed by atoms with Crippen molar-refractivity contribution in [3.8, 4) is 0 Å². The van der Waals surface area contributed by atoms with Crippen molar-refractivity contribution in [1.29, 1.82) is 0 Å². The number of allylic oxidation sites excluding steroid dienone is 1. The number of rotatable bonds is 1. The van der Waals surface area contributed by atoms with E-state index < -0.39 is 5.97 Å². The van der Waals surface area contributed by atoms with Crippen LogP contribution in [-0.4, -0.2) is 23.2 Å². The minimum atomic E-state index is -1.03. The van der Waals surface area contributed by atoms with Gasteiger partial charge < -0.3 is 10.4 Å². The summed E-state index contributed by atoms with van der Waals surface area (Å²) in [6.07, 6.45) is 7.96. The summed E-state index contributed by atoms with van der Waals surface area (Å²) in [5, 5.41) is 19.9. The highest BCUT2D eigenvalue weighted by Gasteiger charge is 2.34. The summed E-state index contributed by atoms with van der Waals surface area (Å²) < 4.78 is 0. The zero-order chi connectivity index (χ0) is 11.2. The van der Waals surface area contributed by atoms with Gasteiger partial charge in [0.05, 0.1) is 11.2 Å². The van der Waals surface area contributed by atoms with Crippen molar-refractivity contribution < 1.29 is 9.90 Å². The molecule has 1 aliphatic carbocycles. The zero-order valence-corrected chi connectivity index (χ0v) is 8.60. The molecule has 0 aromatic carbocycles. The van der Waals surface area contributed by atoms with E-state index in [0.717, 1.165) is 19.4 Å². The predicted molar refractivity (Wildman–Crippen MR) is 56.7 cm³/mol. The van der Waals surface area contributed by atoms with Crippen LogP contribution in [0.1, 0.15) is 12.8 Å². The Kier molecular flexibility index (Phi) is 1.85. The third kappa shape index (κ3) is 1.25. The highest BCUT2D eigenvalue weighted by molar-refractivity contribution is 5.90. The molecule has 0 amide bonds. The number of carboxylic acids is 1. The average Bonchev–Trinajstić information content (AvgIpc) is 2.85. The predicted octanol–water partition coefficient (Wildman–Crippen LogP) is 1.37. The molecule has 2 N–H and O–H groups in total. The number of hydrogen-bond donors (Lipinski definition) is 2. The van der Waals surface area contributed by atoms with Crippen molar-refractivity contribution in [1.82, 2.24) is 5.32 Å². The molecule has 2 aliphatic heterocycles. The van der Waals surface area contributed by atoms with Crippen molar-refractivity contribution in [3.05, 3.63) is 35.2 Å². The molecule has 0 aromatic rings. The van der Waals surface area contributed by atoms with E-state index in [0.29, 0.717) is 11.3 Å². The summed E-state index contributed by atoms with van der Waals surface area (Å²) in [6.45, 7) is 0.982. The van der Waals surface area contributed by atoms with E-state index in [9.17, 15) is 4.79 Å². The maximum atomic E-state index is 10.9. The molecule has 0 saturated carbocycles. The second-order valence-electron chi connectivity index (χ2n) is 4.20. The number of hydrogen-bond acceptors (Lipinski definition) is 4. The Labute approximate surface area is 92.3 Å². The van der Waals surface area contributed by atoms with Crippen LogP contribution < -0.4 is 5.32 Å². The molecule has 2 heterocycles. The molecule has 5 heteroatoms. The topological polar surface area (TPSA) is 74.0 Å². The molecular formula is C11H11N3O2. The number of aliphatic carboxylic acids is 1. The molecule has 3 rings (SSSR count). The van der Waals surface area contributed by atoms with Gasteiger partial charge in [-0.2, -0.15) is 0 Å². The molecule has 1 saturated heterocycles. The fourth-order valence-electron chi connectivity index (χ4n) is 2.34. The van der Waals surface area contributed by atoms with Crippen molar-refractivity contribution in [3.63, 3.8) is 0 Å². The van der Waals surface area contributed by atoms with Gasteiger partial charge in [-0.05, 0) is 25.5 Å². The molecule has 5 nitrogen and oxygen atoms in total. The molecule has 1 fully saturated rings. The number of azo groups is 1. The third-order valence-corrected chi connectivity index (χ3v) is 3.15. The second kappa shape index (κ2) is 3.12. The molecule has 0 aromatic heterocycles. The lowest BCUT2D eigenvalue weighted by Crippen LogP contribution is -2.36. The molecule has 1 spiro atoms. The first-order valence-corrected chi connectivity index (χ1v) is 5.27. The van der Waals surface area contributed by atoms with Crippen LogP contribution in [0.4, 0.5) is 0 Å². The molecule has 1 unspecified atom stereocenters. The van der Waals surface area contributed by atoms with Gasteiger partial charge in [0.1, 0.15) is 0 Å². The van der Waals surface area contributed by atoms with Gasteiger partial charge in [0, 0.05) is 5.57 Å². The summed E-state index contributed by atoms with van der Waals surface area (Å²) in [4.78, 5) is 10.9. The number of carbonyl (C=O) groups is 1. The molecule has 0 radical (unpaired) electrons. The van der Waals surface area contributed by atoms with Crippen LogP contribution >= 0.6 is 0 Å². The van der Waals surface area contributed by atoms with Gasteiger partial charge >= 0.3 is 5.97 Å². The number of carboxylic acid groups (broad SMARTS) is 1. The van der Waals surface area contributed by atoms with Gasteiger partial charge in [-0.25, -0.2) is 4.79 Å². The van der Waals surface area contributed by atoms with E-state index in [1.165, 1.54) is 0 Å². The molecule has 16 heavy (non-hydrogen) atoms. The van der Waals surface area contributed by atoms with Crippen molar-refractivity contribution in [2.45, 2.75) is 18.4 Å². The minimum Gasteiger partial charge on any atom is -0.476 e. The lowest BCUT2D eigenvalue weighted by molar-refractivity contribution is -0.132. The van der Waals surface area contributed by atoms with Gasteiger partial charge in [0.25, 0.3) is 0 Å². The Morgan fingerprint density at radius 2 is 2.38 bits per heavy atom. The summed E-state index contributed by atoms with van der Waals surface area (Å²) in [5.74, 6) is -1.03. The van der Waals surface area contributed by atoms with Gasteiger partial charge in [0.15, 0.2) is 5.70 Å². The first kappa shape index (κ1) is 9.47. The van der Waals surface area contributed by atoms with Crippen LogP contribution in [0.3, 0.4) is 0 Å². The van der Waals surface area contributed by atoms with E-state index in [2.05, 4.69) is 15.5 Å². The highest BCUT2D eigenvalue weighted by atomic mass is 16.4. The number of nitrogens with one attached hydrogen (secondary N) is 1. The highest BCUT2D eigenvalue weighted by Crippen LogP contribution is 2.36. The SMILES string of the molecule is O=C(O)C1=C2C=CC3(C=C2N=N1)CCCN3. The minimum absolute atomic E-state index is 0.0374. The van der Waals surface area contributed by atoms with Crippen LogP contribution in [0, 0.1) is 0 Å². The summed E-state index contributed by atoms with van der Waals surface area (Å²) in [5.41, 5.74) is 1.20. The first-order valence-electron chi connectivity index (χ1n) is 5.27. The Balaban J connectivity index is 2.03. The fraction of sp³-hybridized carbons (Fsp3) is 0.364. The van der Waals surface area contributed by atoms with E-state index in [1.807, 2.05) is 18.2 Å². The van der Waals surface area contributed by atoms with Crippen molar-refractivity contribution >= 4 is 5.97 Å². The van der Waals surface area contributed by atoms with E-state index in [-0.39, 0.29) is 11.2 Å². The monoisotopic (exact) mass is 217 g/mol. The third-order valence-electron chi connectivity index (χ3n) is 3.15. The Morgan fingerprint density at radius 3 is 3.06 bits per heavy atom. The summed E-state index contributed by atoms with van der Waals surface area (Å²) >= 11 is 0. The maximum absolute atomic E-state index is 10.9. The Hall–Kier alpha value is -1.75. The van der Waals surface area contributed by atoms with E-state index >= 15 is 0 Å². The molecule has 0 bridgehead atoms. The number of nitrogens with zero attached hydrogens (tertiary/aromatic N) is 2. The smallest absolute Gasteiger partial charge is 0.357 e. The normalized spacial score (nSPS) is 31.1. The Morgan fingerprint density at radius 1 is 1.50 bits per heavy atom. The summed E-state index contributed by atoms with van der Waals surface area (Å²) in [6, 6.07) is 0. The van der Waals surface area contributed by atoms with Crippen LogP contribution in [0.5, 0.6) is 0 Å². The van der Waals surface area contributed by atoms with Gasteiger partial charge in [-0.1, -0.05) is 12.2 Å². The number of fused-ring (bicyclic) bond motifs is 1. The van der Waals surface area contributed by atoms with Gasteiger partial charge in [0.2, 0.25) is 0 Å². The Bertz CT molecular complexity index is 479. The van der Waals surface area contributed by atoms with Crippen LogP contribution in [0.25, 0.3) is 0 Å². The van der Waals surface area contributed by atoms with Gasteiger partial charge in [-0.3, -0.25) is 0 Å². The lowest BCUT2D eigenvalue weighted by Gasteiger charge is -2.25. The van der Waals surface area contributed by atoms with E-state index in [1.54, 1.807) is 0 Å². The van der Waals surface area contributed by atoms with Crippen LogP contribution in [-0.2, 0) is 4.79 Å². The molecule has 3 aliphatic rings. The molecule has 82 valence electrons. The van der Waals surface area contributed by atoms with E-state index in [4.69, 9.17) is 5.11 Å². The quantitative estimate of drug-likeness (QED) is 0.696. The van der Waals surface area contributed by atoms with Gasteiger partial charge in [-0.15, -0.1) is 10.2 Å². The standard InChI is InChI=1S/C11H11N3O2/c15-10(16)9-7-2-4-11(3-1-5-12-11)6-8(7)13-14-9/h2,4,6,12H,1,3,5H2,(H,15,16). The first-order chi connectivity index (χ1) is 7.70. The maximum Gasteiger partial charge on any atom is 0.357 e. The van der Waals surface area contributed by atoms with Crippen molar-refractivity contribution in [2.24, 2.45) is 10.2 Å². The molecule has 1 atom stereocenters. The second-order valence-corrected chi connectivity index (χ2v) is 4.20. The average molecular weight is 217 g/mol. The fourth-order valence-corrected chi connectivity index (χ4v) is 2.34. The van der Waals surface area contributed by atoms with Crippen LogP contribution in [0.2, 0.25) is 0 Å². The lowest BCUT2D eigenvalue weighted by atomic mass is 9.88. The zero-order valence-electron chi connectivity index (χ0n) is 8.60. The summed E-state index contributed by atoms with van der Waals surface area (Å²) in [7, 11) is 0. The largest absolute Gasteiger partial charge is 0.476 e. The molecular weight excluding hydrogens is 206 g/mol. The van der Waals surface area contributed by atoms with Crippen molar-refractivity contribution in [2.75, 3.05) is 6.54 Å². The van der Waals surface area contributed by atoms with Crippen LogP contribution in [0.15, 0.2) is 45.4 Å².